The zero-order valence-corrected chi connectivity index (χ0v) is 17.7. The number of nitrogens with zero attached hydrogens (tertiary/aromatic N) is 1. The summed E-state index contributed by atoms with van der Waals surface area (Å²) in [5.74, 6) is -0.260. The van der Waals surface area contributed by atoms with Crippen LogP contribution in [0, 0.1) is 0 Å². The fourth-order valence-corrected chi connectivity index (χ4v) is 4.92. The summed E-state index contributed by atoms with van der Waals surface area (Å²) < 4.78 is 5.40. The lowest BCUT2D eigenvalue weighted by molar-refractivity contribution is -0.119. The molecule has 2 heterocycles. The minimum atomic E-state index is -0.556. The van der Waals surface area contributed by atoms with Crippen LogP contribution in [0.3, 0.4) is 0 Å². The number of methoxy groups -OCH3 is 1. The highest BCUT2D eigenvalue weighted by molar-refractivity contribution is 6.31. The molecule has 2 unspecified atom stereocenters. The number of amides is 2. The molecule has 156 valence electrons. The van der Waals surface area contributed by atoms with Gasteiger partial charge in [-0.15, -0.1) is 0 Å². The number of benzene rings is 3. The highest BCUT2D eigenvalue weighted by Crippen LogP contribution is 2.46. The molecule has 3 aromatic rings. The van der Waals surface area contributed by atoms with Gasteiger partial charge < -0.3 is 15.0 Å². The molecule has 0 aromatic heterocycles. The van der Waals surface area contributed by atoms with Crippen molar-refractivity contribution in [2.75, 3.05) is 19.0 Å². The largest absolute Gasteiger partial charge is 0.495 e. The number of rotatable bonds is 3. The van der Waals surface area contributed by atoms with Gasteiger partial charge in [-0.3, -0.25) is 9.59 Å². The van der Waals surface area contributed by atoms with Gasteiger partial charge in [-0.05, 0) is 47.4 Å². The molecule has 5 rings (SSSR count). The Morgan fingerprint density at radius 2 is 1.81 bits per heavy atom. The fraction of sp³-hybridized carbons (Fsp3) is 0.200. The zero-order valence-electron chi connectivity index (χ0n) is 17.0. The monoisotopic (exact) mass is 432 g/mol. The van der Waals surface area contributed by atoms with Crippen molar-refractivity contribution < 1.29 is 14.3 Å². The number of anilines is 1. The average molecular weight is 433 g/mol. The Labute approximate surface area is 185 Å². The minimum Gasteiger partial charge on any atom is -0.495 e. The van der Waals surface area contributed by atoms with E-state index in [0.29, 0.717) is 28.6 Å². The predicted octanol–water partition coefficient (Wildman–Crippen LogP) is 4.82. The maximum atomic E-state index is 13.7. The molecule has 0 saturated heterocycles. The lowest BCUT2D eigenvalue weighted by Crippen LogP contribution is -2.49. The molecular formula is C25H21ClN2O3. The van der Waals surface area contributed by atoms with E-state index < -0.39 is 5.92 Å². The summed E-state index contributed by atoms with van der Waals surface area (Å²) in [5.41, 5.74) is 4.02. The summed E-state index contributed by atoms with van der Waals surface area (Å²) in [4.78, 5) is 28.9. The number of fused-ring (bicyclic) bond motifs is 4. The van der Waals surface area contributed by atoms with Crippen LogP contribution in [-0.4, -0.2) is 30.4 Å². The molecule has 2 aliphatic heterocycles. The number of nitrogens with one attached hydrogen (secondary N) is 1. The van der Waals surface area contributed by atoms with E-state index in [2.05, 4.69) is 11.4 Å². The van der Waals surface area contributed by atoms with E-state index in [4.69, 9.17) is 16.3 Å². The summed E-state index contributed by atoms with van der Waals surface area (Å²) in [5, 5.41) is 3.51. The lowest BCUT2D eigenvalue weighted by atomic mass is 9.76. The van der Waals surface area contributed by atoms with Crippen LogP contribution < -0.4 is 10.1 Å². The summed E-state index contributed by atoms with van der Waals surface area (Å²) >= 11 is 6.16. The Kier molecular flexibility index (Phi) is 4.91. The first-order valence-corrected chi connectivity index (χ1v) is 10.6. The van der Waals surface area contributed by atoms with Crippen LogP contribution in [0.5, 0.6) is 5.75 Å². The first kappa shape index (κ1) is 19.6. The normalized spacial score (nSPS) is 19.2. The Balaban J connectivity index is 1.63. The molecule has 0 aliphatic carbocycles. The standard InChI is InChI=1S/C25H21ClN2O3/c1-31-21-11-10-16(26)14-20(21)27-24(29)22-18-8-4-5-9-19(18)25(30)28-13-12-15-6-2-3-7-17(15)23(22)28/h2-11,14,22-23H,12-13H2,1H3,(H,27,29). The molecule has 2 amide bonds. The van der Waals surface area contributed by atoms with Crippen molar-refractivity contribution in [3.05, 3.63) is 94.0 Å². The topological polar surface area (TPSA) is 58.6 Å². The average Bonchev–Trinajstić information content (AvgIpc) is 2.79. The van der Waals surface area contributed by atoms with E-state index >= 15 is 0 Å². The Hall–Kier alpha value is -3.31. The van der Waals surface area contributed by atoms with Crippen LogP contribution in [0.2, 0.25) is 5.02 Å². The van der Waals surface area contributed by atoms with Crippen molar-refractivity contribution in [2.24, 2.45) is 0 Å². The smallest absolute Gasteiger partial charge is 0.254 e. The Morgan fingerprint density at radius 1 is 1.06 bits per heavy atom. The van der Waals surface area contributed by atoms with Crippen molar-refractivity contribution in [1.29, 1.82) is 0 Å². The second-order valence-electron chi connectivity index (χ2n) is 7.79. The summed E-state index contributed by atoms with van der Waals surface area (Å²) in [6.07, 6.45) is 0.775. The zero-order chi connectivity index (χ0) is 21.5. The molecule has 31 heavy (non-hydrogen) atoms. The Morgan fingerprint density at radius 3 is 2.61 bits per heavy atom. The van der Waals surface area contributed by atoms with Gasteiger partial charge in [-0.25, -0.2) is 0 Å². The van der Waals surface area contributed by atoms with E-state index in [1.807, 2.05) is 41.3 Å². The van der Waals surface area contributed by atoms with Crippen LogP contribution in [0.4, 0.5) is 5.69 Å². The van der Waals surface area contributed by atoms with Crippen LogP contribution in [-0.2, 0) is 11.2 Å². The predicted molar refractivity (Wildman–Crippen MR) is 120 cm³/mol. The van der Waals surface area contributed by atoms with Gasteiger partial charge in [0.1, 0.15) is 5.75 Å². The molecule has 0 bridgehead atoms. The van der Waals surface area contributed by atoms with E-state index in [1.54, 1.807) is 31.4 Å². The molecule has 6 heteroatoms. The molecule has 0 saturated carbocycles. The van der Waals surface area contributed by atoms with E-state index in [0.717, 1.165) is 17.5 Å². The van der Waals surface area contributed by atoms with E-state index in [9.17, 15) is 9.59 Å². The third-order valence-corrected chi connectivity index (χ3v) is 6.37. The lowest BCUT2D eigenvalue weighted by Gasteiger charge is -2.45. The van der Waals surface area contributed by atoms with Crippen LogP contribution in [0.1, 0.15) is 39.0 Å². The molecule has 0 fully saturated rings. The quantitative estimate of drug-likeness (QED) is 0.645. The van der Waals surface area contributed by atoms with Crippen molar-refractivity contribution in [3.63, 3.8) is 0 Å². The van der Waals surface area contributed by atoms with Gasteiger partial charge in [0.25, 0.3) is 5.91 Å². The van der Waals surface area contributed by atoms with Crippen LogP contribution in [0.25, 0.3) is 0 Å². The summed E-state index contributed by atoms with van der Waals surface area (Å²) in [6.45, 7) is 0.582. The molecule has 2 atom stereocenters. The maximum Gasteiger partial charge on any atom is 0.254 e. The molecule has 0 radical (unpaired) electrons. The van der Waals surface area contributed by atoms with Gasteiger partial charge in [0.15, 0.2) is 0 Å². The molecular weight excluding hydrogens is 412 g/mol. The van der Waals surface area contributed by atoms with Gasteiger partial charge in [0.2, 0.25) is 5.91 Å². The molecule has 2 aliphatic rings. The third kappa shape index (κ3) is 3.26. The first-order chi connectivity index (χ1) is 15.1. The van der Waals surface area contributed by atoms with Crippen LogP contribution >= 0.6 is 11.6 Å². The van der Waals surface area contributed by atoms with Crippen molar-refractivity contribution in [1.82, 2.24) is 4.90 Å². The number of hydrogen-bond donors (Lipinski definition) is 1. The second kappa shape index (κ2) is 7.75. The van der Waals surface area contributed by atoms with Crippen molar-refractivity contribution >= 4 is 29.1 Å². The maximum absolute atomic E-state index is 13.7. The number of halogens is 1. The van der Waals surface area contributed by atoms with E-state index in [-0.39, 0.29) is 17.9 Å². The molecule has 3 aromatic carbocycles. The number of ether oxygens (including phenoxy) is 1. The van der Waals surface area contributed by atoms with Gasteiger partial charge in [-0.2, -0.15) is 0 Å². The SMILES string of the molecule is COc1ccc(Cl)cc1NC(=O)C1c2ccccc2C(=O)N2CCc3ccccc3C12. The number of hydrogen-bond acceptors (Lipinski definition) is 3. The molecule has 0 spiro atoms. The number of carbonyl (C=O) groups excluding carboxylic acids is 2. The van der Waals surface area contributed by atoms with Gasteiger partial charge in [0, 0.05) is 17.1 Å². The molecule has 5 nitrogen and oxygen atoms in total. The Bertz CT molecular complexity index is 1190. The highest BCUT2D eigenvalue weighted by atomic mass is 35.5. The highest BCUT2D eigenvalue weighted by Gasteiger charge is 2.46. The summed E-state index contributed by atoms with van der Waals surface area (Å²) in [7, 11) is 1.55. The second-order valence-corrected chi connectivity index (χ2v) is 8.23. The van der Waals surface area contributed by atoms with Gasteiger partial charge in [0.05, 0.1) is 24.8 Å². The van der Waals surface area contributed by atoms with Crippen molar-refractivity contribution in [3.8, 4) is 5.75 Å². The fourth-order valence-electron chi connectivity index (χ4n) is 4.75. The third-order valence-electron chi connectivity index (χ3n) is 6.14. The number of carbonyl (C=O) groups is 2. The van der Waals surface area contributed by atoms with Crippen LogP contribution in [0.15, 0.2) is 66.7 Å². The molecule has 1 N–H and O–H groups in total. The van der Waals surface area contributed by atoms with Gasteiger partial charge >= 0.3 is 0 Å². The summed E-state index contributed by atoms with van der Waals surface area (Å²) in [6, 6.07) is 20.2. The minimum absolute atomic E-state index is 0.0283. The van der Waals surface area contributed by atoms with Gasteiger partial charge in [-0.1, -0.05) is 54.1 Å². The van der Waals surface area contributed by atoms with Crippen molar-refractivity contribution in [2.45, 2.75) is 18.4 Å². The van der Waals surface area contributed by atoms with E-state index in [1.165, 1.54) is 5.56 Å². The first-order valence-electron chi connectivity index (χ1n) is 10.2.